The van der Waals surface area contributed by atoms with Crippen LogP contribution in [-0.2, 0) is 0 Å². The lowest BCUT2D eigenvalue weighted by molar-refractivity contribution is 0.669. The number of furan rings is 2. The van der Waals surface area contributed by atoms with Gasteiger partial charge in [0.05, 0.1) is 20.4 Å². The molecule has 0 aliphatic rings. The maximum Gasteiger partial charge on any atom is 0.164 e. The minimum absolute atomic E-state index is 0.592. The highest BCUT2D eigenvalue weighted by Crippen LogP contribution is 2.44. The maximum absolute atomic E-state index is 6.66. The summed E-state index contributed by atoms with van der Waals surface area (Å²) in [5, 5.41) is 6.00. The van der Waals surface area contributed by atoms with E-state index in [-0.39, 0.29) is 0 Å². The third-order valence-corrected chi connectivity index (χ3v) is 19.8. The van der Waals surface area contributed by atoms with Crippen LogP contribution in [0.15, 0.2) is 324 Å². The number of hydrogen-bond donors (Lipinski definition) is 0. The molecular formula is C86H52N8O2S2. The number of rotatable bonds is 11. The second kappa shape index (κ2) is 24.9. The normalized spacial score (nSPS) is 11.5. The van der Waals surface area contributed by atoms with Gasteiger partial charge >= 0.3 is 0 Å². The van der Waals surface area contributed by atoms with Crippen molar-refractivity contribution >= 4 is 87.0 Å². The van der Waals surface area contributed by atoms with E-state index in [1.807, 2.05) is 133 Å². The lowest BCUT2D eigenvalue weighted by atomic mass is 9.99. The van der Waals surface area contributed by atoms with Gasteiger partial charge in [-0.3, -0.25) is 0 Å². The van der Waals surface area contributed by atoms with Gasteiger partial charge in [-0.15, -0.1) is 22.7 Å². The Bertz CT molecular complexity index is 6030. The first kappa shape index (κ1) is 57.9. The van der Waals surface area contributed by atoms with Gasteiger partial charge in [-0.1, -0.05) is 279 Å². The second-order valence-electron chi connectivity index (χ2n) is 23.7. The third kappa shape index (κ3) is 10.9. The van der Waals surface area contributed by atoms with Crippen molar-refractivity contribution in [1.82, 2.24) is 39.9 Å². The van der Waals surface area contributed by atoms with Crippen LogP contribution in [-0.4, -0.2) is 39.9 Å². The van der Waals surface area contributed by atoms with E-state index in [4.69, 9.17) is 48.7 Å². The minimum atomic E-state index is 0.592. The van der Waals surface area contributed by atoms with Crippen molar-refractivity contribution in [3.05, 3.63) is 315 Å². The molecule has 6 heterocycles. The molecule has 98 heavy (non-hydrogen) atoms. The van der Waals surface area contributed by atoms with E-state index in [1.165, 1.54) is 9.40 Å². The van der Waals surface area contributed by atoms with Crippen LogP contribution in [0.1, 0.15) is 0 Å². The Balaban J connectivity index is 0.000000143. The highest BCUT2D eigenvalue weighted by atomic mass is 32.1. The summed E-state index contributed by atoms with van der Waals surface area (Å²) in [6.07, 6.45) is 0. The molecule has 0 aliphatic heterocycles. The van der Waals surface area contributed by atoms with Crippen molar-refractivity contribution in [3.63, 3.8) is 0 Å². The molecule has 19 rings (SSSR count). The van der Waals surface area contributed by atoms with Crippen LogP contribution >= 0.6 is 22.7 Å². The van der Waals surface area contributed by atoms with Gasteiger partial charge in [0.15, 0.2) is 34.9 Å². The van der Waals surface area contributed by atoms with Crippen LogP contribution < -0.4 is 0 Å². The van der Waals surface area contributed by atoms with Gasteiger partial charge in [0, 0.05) is 77.2 Å². The monoisotopic (exact) mass is 1290 g/mol. The standard InChI is InChI=1S/C46H28N4OS.C40H24N4OS/c1-3-11-29(12-4-1)30-21-25-33(26-22-30)44-48-43(32-13-5-2-6-14-32)49-45(50-44)37-17-10-19-39-41(37)36-16-9-15-35(42(36)51-39)31-23-27-34(28-24-31)46-47-38-18-7-8-20-40(38)52-46;1-3-11-26(12-4-1)37-42-38(27-13-5-2-6-14-27)44-39(43-37)31-17-10-19-33-35(31)30-16-9-15-29(36(30)45-33)25-21-23-28(24-22-25)40-41-32-18-7-8-20-34(32)46-40/h1-28H;1-24H. The van der Waals surface area contributed by atoms with Crippen LogP contribution in [0.4, 0.5) is 0 Å². The Morgan fingerprint density at radius 1 is 0.204 bits per heavy atom. The number of nitrogens with zero attached hydrogens (tertiary/aromatic N) is 8. The Morgan fingerprint density at radius 3 is 0.898 bits per heavy atom. The summed E-state index contributed by atoms with van der Waals surface area (Å²) in [4.78, 5) is 39.7. The van der Waals surface area contributed by atoms with Crippen molar-refractivity contribution < 1.29 is 8.83 Å². The van der Waals surface area contributed by atoms with E-state index < -0.39 is 0 Å². The molecule has 13 aromatic carbocycles. The Kier molecular flexibility index (Phi) is 14.7. The van der Waals surface area contributed by atoms with Crippen molar-refractivity contribution in [1.29, 1.82) is 0 Å². The first-order valence-corrected chi connectivity index (χ1v) is 33.8. The highest BCUT2D eigenvalue weighted by Gasteiger charge is 2.23. The average molecular weight is 1290 g/mol. The number of thiazole rings is 2. The quantitative estimate of drug-likeness (QED) is 0.123. The van der Waals surface area contributed by atoms with Crippen molar-refractivity contribution in [2.45, 2.75) is 0 Å². The predicted molar refractivity (Wildman–Crippen MR) is 400 cm³/mol. The Labute approximate surface area is 570 Å². The smallest absolute Gasteiger partial charge is 0.164 e. The molecule has 6 aromatic heterocycles. The summed E-state index contributed by atoms with van der Waals surface area (Å²) >= 11 is 3.42. The van der Waals surface area contributed by atoms with E-state index in [0.717, 1.165) is 143 Å². The summed E-state index contributed by atoms with van der Waals surface area (Å²) in [6.45, 7) is 0. The van der Waals surface area contributed by atoms with Crippen LogP contribution in [0.2, 0.25) is 0 Å². The predicted octanol–water partition coefficient (Wildman–Crippen LogP) is 23.1. The second-order valence-corrected chi connectivity index (χ2v) is 25.8. The fourth-order valence-electron chi connectivity index (χ4n) is 12.8. The molecule has 0 radical (unpaired) electrons. The van der Waals surface area contributed by atoms with Crippen LogP contribution in [0.5, 0.6) is 0 Å². The Hall–Kier alpha value is -12.7. The zero-order valence-corrected chi connectivity index (χ0v) is 53.9. The van der Waals surface area contributed by atoms with Crippen LogP contribution in [0.3, 0.4) is 0 Å². The summed E-state index contributed by atoms with van der Waals surface area (Å²) < 4.78 is 15.6. The fraction of sp³-hybridized carbons (Fsp3) is 0. The zero-order chi connectivity index (χ0) is 64.9. The van der Waals surface area contributed by atoms with Crippen molar-refractivity contribution in [2.24, 2.45) is 0 Å². The van der Waals surface area contributed by atoms with Gasteiger partial charge in [-0.25, -0.2) is 39.9 Å². The van der Waals surface area contributed by atoms with Gasteiger partial charge in [0.2, 0.25) is 0 Å². The molecule has 0 saturated heterocycles. The molecule has 0 fully saturated rings. The number of hydrogen-bond acceptors (Lipinski definition) is 12. The molecule has 19 aromatic rings. The van der Waals surface area contributed by atoms with E-state index in [0.29, 0.717) is 34.9 Å². The average Bonchev–Trinajstić information content (AvgIpc) is 1.57. The SMILES string of the molecule is c1ccc(-c2ccc(-c3nc(-c4ccccc4)nc(-c4cccc5oc6c(-c7ccc(-c8nc9ccccc9s8)cc7)cccc6c45)n3)cc2)cc1.c1ccc(-c2nc(-c3ccccc3)nc(-c3cccc4oc5c(-c6ccc(-c7nc8ccccc8s7)cc6)cccc5c34)n2)cc1. The molecule has 0 amide bonds. The summed E-state index contributed by atoms with van der Waals surface area (Å²) in [5.41, 5.74) is 19.5. The van der Waals surface area contributed by atoms with Gasteiger partial charge in [-0.05, 0) is 58.7 Å². The van der Waals surface area contributed by atoms with E-state index >= 15 is 0 Å². The largest absolute Gasteiger partial charge is 0.455 e. The molecule has 12 heteroatoms. The van der Waals surface area contributed by atoms with Crippen molar-refractivity contribution in [3.8, 4) is 123 Å². The van der Waals surface area contributed by atoms with Crippen LogP contribution in [0.25, 0.3) is 187 Å². The molecular weight excluding hydrogens is 1240 g/mol. The molecule has 460 valence electrons. The van der Waals surface area contributed by atoms with E-state index in [9.17, 15) is 0 Å². The summed E-state index contributed by atoms with van der Waals surface area (Å²) in [7, 11) is 0. The molecule has 0 unspecified atom stereocenters. The number of aromatic nitrogens is 8. The topological polar surface area (TPSA) is 129 Å². The van der Waals surface area contributed by atoms with E-state index in [2.05, 4.69) is 182 Å². The molecule has 0 bridgehead atoms. The minimum Gasteiger partial charge on any atom is -0.455 e. The van der Waals surface area contributed by atoms with Crippen LogP contribution in [0, 0.1) is 0 Å². The molecule has 0 N–H and O–H groups in total. The number of para-hydroxylation sites is 4. The molecule has 0 saturated carbocycles. The molecule has 0 atom stereocenters. The number of benzene rings is 13. The van der Waals surface area contributed by atoms with E-state index in [1.54, 1.807) is 22.7 Å². The first-order valence-electron chi connectivity index (χ1n) is 32.2. The lowest BCUT2D eigenvalue weighted by Gasteiger charge is -2.10. The first-order chi connectivity index (χ1) is 48.5. The third-order valence-electron chi connectivity index (χ3n) is 17.6. The maximum atomic E-state index is 6.66. The number of fused-ring (bicyclic) bond motifs is 8. The Morgan fingerprint density at radius 2 is 0.500 bits per heavy atom. The lowest BCUT2D eigenvalue weighted by Crippen LogP contribution is -2.00. The fourth-order valence-corrected chi connectivity index (χ4v) is 14.8. The summed E-state index contributed by atoms with van der Waals surface area (Å²) in [6, 6.07) is 107. The van der Waals surface area contributed by atoms with Gasteiger partial charge in [0.25, 0.3) is 0 Å². The molecule has 0 spiro atoms. The van der Waals surface area contributed by atoms with Gasteiger partial charge in [-0.2, -0.15) is 0 Å². The molecule has 0 aliphatic carbocycles. The molecule has 10 nitrogen and oxygen atoms in total. The van der Waals surface area contributed by atoms with Gasteiger partial charge < -0.3 is 8.83 Å². The zero-order valence-electron chi connectivity index (χ0n) is 52.2. The van der Waals surface area contributed by atoms with Crippen molar-refractivity contribution in [2.75, 3.05) is 0 Å². The summed E-state index contributed by atoms with van der Waals surface area (Å²) in [5.74, 6) is 3.68. The van der Waals surface area contributed by atoms with Gasteiger partial charge in [0.1, 0.15) is 32.3 Å². The highest BCUT2D eigenvalue weighted by molar-refractivity contribution is 7.22.